The highest BCUT2D eigenvalue weighted by molar-refractivity contribution is 6.31. The Morgan fingerprint density at radius 3 is 2.24 bits per heavy atom. The quantitative estimate of drug-likeness (QED) is 0.230. The molecule has 0 aliphatic rings. The van der Waals surface area contributed by atoms with E-state index in [-0.39, 0.29) is 17.3 Å². The normalized spacial score (nSPS) is 13.5. The molecule has 0 aliphatic heterocycles. The second-order valence-electron chi connectivity index (χ2n) is 7.02. The Labute approximate surface area is 194 Å². The maximum absolute atomic E-state index is 12.9. The Morgan fingerprint density at radius 2 is 1.68 bits per heavy atom. The fourth-order valence-corrected chi connectivity index (χ4v) is 3.12. The molecule has 3 aromatic rings. The van der Waals surface area contributed by atoms with Gasteiger partial charge in [0.1, 0.15) is 5.69 Å². The number of H-pyrrole nitrogens is 1. The summed E-state index contributed by atoms with van der Waals surface area (Å²) in [7, 11) is 0. The average molecular weight is 504 g/mol. The molecule has 1 aromatic heterocycles. The first-order valence-corrected chi connectivity index (χ1v) is 9.93. The summed E-state index contributed by atoms with van der Waals surface area (Å²) in [4.78, 5) is 16.4. The molecule has 0 saturated carbocycles. The van der Waals surface area contributed by atoms with Gasteiger partial charge in [-0.25, -0.2) is 0 Å². The number of alkyl halides is 6. The van der Waals surface area contributed by atoms with Gasteiger partial charge in [0.25, 0.3) is 5.91 Å². The van der Waals surface area contributed by atoms with Crippen LogP contribution in [0.1, 0.15) is 40.1 Å². The smallest absolute Gasteiger partial charge is 0.349 e. The van der Waals surface area contributed by atoms with E-state index in [2.05, 4.69) is 20.7 Å². The zero-order valence-electron chi connectivity index (χ0n) is 17.2. The minimum absolute atomic E-state index is 0.169. The van der Waals surface area contributed by atoms with E-state index in [1.54, 1.807) is 31.2 Å². The number of amides is 1. The van der Waals surface area contributed by atoms with Crippen LogP contribution in [0.2, 0.25) is 5.02 Å². The molecule has 0 radical (unpaired) electrons. The van der Waals surface area contributed by atoms with Crippen LogP contribution in [-0.4, -0.2) is 22.1 Å². The van der Waals surface area contributed by atoms with Gasteiger partial charge in [-0.15, -0.1) is 0 Å². The van der Waals surface area contributed by atoms with Gasteiger partial charge in [-0.2, -0.15) is 36.4 Å². The van der Waals surface area contributed by atoms with Gasteiger partial charge in [-0.3, -0.25) is 9.89 Å². The minimum atomic E-state index is -4.68. The molecular weight excluding hydrogens is 488 g/mol. The highest BCUT2D eigenvalue weighted by atomic mass is 35.5. The van der Waals surface area contributed by atoms with Crippen LogP contribution in [0, 0.1) is 0 Å². The second-order valence-corrected chi connectivity index (χ2v) is 7.43. The van der Waals surface area contributed by atoms with Crippen molar-refractivity contribution in [2.24, 2.45) is 4.99 Å². The van der Waals surface area contributed by atoms with Gasteiger partial charge in [0.2, 0.25) is 5.96 Å². The molecule has 0 aliphatic carbocycles. The number of carbonyl (C=O) groups excluding carboxylic acids is 1. The number of hydrogen-bond donors (Lipinski definition) is 3. The Hall–Kier alpha value is -3.54. The third kappa shape index (κ3) is 6.28. The van der Waals surface area contributed by atoms with Crippen molar-refractivity contribution in [2.45, 2.75) is 25.3 Å². The monoisotopic (exact) mass is 503 g/mol. The highest BCUT2D eigenvalue weighted by Crippen LogP contribution is 2.30. The van der Waals surface area contributed by atoms with Crippen LogP contribution in [0.4, 0.5) is 32.2 Å². The molecule has 1 amide bonds. The summed E-state index contributed by atoms with van der Waals surface area (Å²) in [6, 6.07) is 10.1. The number of anilines is 1. The van der Waals surface area contributed by atoms with Crippen LogP contribution >= 0.6 is 11.6 Å². The topological polar surface area (TPSA) is 82.2 Å². The van der Waals surface area contributed by atoms with Crippen molar-refractivity contribution in [1.29, 1.82) is 0 Å². The Morgan fingerprint density at radius 1 is 1.03 bits per heavy atom. The first kappa shape index (κ1) is 25.1. The zero-order valence-corrected chi connectivity index (χ0v) is 18.0. The van der Waals surface area contributed by atoms with E-state index < -0.39 is 35.6 Å². The number of carbonyl (C=O) groups is 1. The van der Waals surface area contributed by atoms with Crippen LogP contribution < -0.4 is 10.6 Å². The van der Waals surface area contributed by atoms with Crippen molar-refractivity contribution in [1.82, 2.24) is 15.5 Å². The van der Waals surface area contributed by atoms with Crippen LogP contribution in [0.15, 0.2) is 59.6 Å². The lowest BCUT2D eigenvalue weighted by molar-refractivity contribution is -0.141. The van der Waals surface area contributed by atoms with Gasteiger partial charge >= 0.3 is 12.4 Å². The van der Waals surface area contributed by atoms with Crippen molar-refractivity contribution in [3.8, 4) is 0 Å². The third-order valence-corrected chi connectivity index (χ3v) is 4.87. The number of halogens is 7. The summed E-state index contributed by atoms with van der Waals surface area (Å²) in [6.07, 6.45) is -9.27. The second kappa shape index (κ2) is 9.75. The number of nitrogens with one attached hydrogen (secondary N) is 3. The number of guanidine groups is 1. The van der Waals surface area contributed by atoms with E-state index in [9.17, 15) is 31.1 Å². The molecule has 34 heavy (non-hydrogen) atoms. The van der Waals surface area contributed by atoms with Crippen molar-refractivity contribution in [3.05, 3.63) is 82.0 Å². The first-order chi connectivity index (χ1) is 15.8. The molecule has 0 fully saturated rings. The number of benzene rings is 2. The van der Waals surface area contributed by atoms with Gasteiger partial charge in [0.05, 0.1) is 11.6 Å². The molecule has 0 bridgehead atoms. The SMILES string of the molecule is CC(N/C(=N/C(=O)c1ccc(C(F)(F)F)cc1)Nc1cc(C(F)(F)F)[nH]n1)c1ccccc1Cl. The lowest BCUT2D eigenvalue weighted by atomic mass is 10.1. The molecule has 3 N–H and O–H groups in total. The number of aromatic amines is 1. The molecule has 0 saturated heterocycles. The molecule has 1 atom stereocenters. The van der Waals surface area contributed by atoms with Gasteiger partial charge in [0, 0.05) is 16.7 Å². The van der Waals surface area contributed by atoms with Gasteiger partial charge in [0.15, 0.2) is 5.82 Å². The third-order valence-electron chi connectivity index (χ3n) is 4.53. The molecule has 1 heterocycles. The van der Waals surface area contributed by atoms with Crippen LogP contribution in [0.5, 0.6) is 0 Å². The zero-order chi connectivity index (χ0) is 25.1. The number of rotatable bonds is 4. The van der Waals surface area contributed by atoms with Crippen LogP contribution in [-0.2, 0) is 12.4 Å². The lowest BCUT2D eigenvalue weighted by Gasteiger charge is -2.18. The van der Waals surface area contributed by atoms with Crippen molar-refractivity contribution in [2.75, 3.05) is 5.32 Å². The molecule has 3 rings (SSSR count). The predicted molar refractivity (Wildman–Crippen MR) is 113 cm³/mol. The predicted octanol–water partition coefficient (Wildman–Crippen LogP) is 6.06. The van der Waals surface area contributed by atoms with Gasteiger partial charge in [-0.1, -0.05) is 29.8 Å². The summed E-state index contributed by atoms with van der Waals surface area (Å²) in [5.74, 6) is -1.54. The Balaban J connectivity index is 1.90. The molecule has 0 spiro atoms. The van der Waals surface area contributed by atoms with E-state index in [1.807, 2.05) is 5.10 Å². The van der Waals surface area contributed by atoms with Crippen molar-refractivity contribution < 1.29 is 31.1 Å². The van der Waals surface area contributed by atoms with E-state index >= 15 is 0 Å². The van der Waals surface area contributed by atoms with Gasteiger partial charge < -0.3 is 10.6 Å². The Bertz CT molecular complexity index is 1190. The summed E-state index contributed by atoms with van der Waals surface area (Å²) in [5.41, 5.74) is -1.66. The molecule has 1 unspecified atom stereocenters. The summed E-state index contributed by atoms with van der Waals surface area (Å²) >= 11 is 6.17. The van der Waals surface area contributed by atoms with E-state index in [4.69, 9.17) is 11.6 Å². The fraction of sp³-hybridized carbons (Fsp3) is 0.190. The molecule has 13 heteroatoms. The number of aliphatic imine (C=N–C) groups is 1. The molecular formula is C21H16ClF6N5O. The largest absolute Gasteiger partial charge is 0.432 e. The summed E-state index contributed by atoms with van der Waals surface area (Å²) in [6.45, 7) is 1.66. The van der Waals surface area contributed by atoms with Crippen molar-refractivity contribution >= 4 is 29.3 Å². The van der Waals surface area contributed by atoms with E-state index in [0.29, 0.717) is 16.7 Å². The molecule has 6 nitrogen and oxygen atoms in total. The average Bonchev–Trinajstić information content (AvgIpc) is 3.22. The summed E-state index contributed by atoms with van der Waals surface area (Å²) < 4.78 is 76.9. The number of nitrogens with zero attached hydrogens (tertiary/aromatic N) is 2. The van der Waals surface area contributed by atoms with E-state index in [1.165, 1.54) is 0 Å². The first-order valence-electron chi connectivity index (χ1n) is 9.55. The number of aromatic nitrogens is 2. The standard InChI is InChI=1S/C21H16ClF6N5O/c1-11(14-4-2-3-5-15(14)22)29-19(30-17-10-16(32-33-17)21(26,27)28)31-18(34)12-6-8-13(9-7-12)20(23,24)25/h2-11H,1H3,(H3,29,30,31,32,33,34). The minimum Gasteiger partial charge on any atom is -0.349 e. The maximum atomic E-state index is 12.9. The highest BCUT2D eigenvalue weighted by Gasteiger charge is 2.33. The molecule has 180 valence electrons. The fourth-order valence-electron chi connectivity index (χ4n) is 2.83. The van der Waals surface area contributed by atoms with Gasteiger partial charge in [-0.05, 0) is 42.8 Å². The van der Waals surface area contributed by atoms with Crippen LogP contribution in [0.25, 0.3) is 0 Å². The number of hydrogen-bond acceptors (Lipinski definition) is 2. The lowest BCUT2D eigenvalue weighted by Crippen LogP contribution is -2.34. The van der Waals surface area contributed by atoms with Crippen LogP contribution in [0.3, 0.4) is 0 Å². The van der Waals surface area contributed by atoms with E-state index in [0.717, 1.165) is 24.3 Å². The molecule has 2 aromatic carbocycles. The Kier molecular flexibility index (Phi) is 7.20. The van der Waals surface area contributed by atoms with Crippen molar-refractivity contribution in [3.63, 3.8) is 0 Å². The summed E-state index contributed by atoms with van der Waals surface area (Å²) in [5, 5.41) is 11.0. The maximum Gasteiger partial charge on any atom is 0.432 e.